The Morgan fingerprint density at radius 1 is 1.03 bits per heavy atom. The number of nitrogens with one attached hydrogen (secondary N) is 2. The quantitative estimate of drug-likeness (QED) is 0.675. The molecule has 0 unspecified atom stereocenters. The van der Waals surface area contributed by atoms with Crippen LogP contribution < -0.4 is 20.1 Å². The maximum absolute atomic E-state index is 13.0. The molecule has 1 heterocycles. The highest BCUT2D eigenvalue weighted by Crippen LogP contribution is 2.57. The van der Waals surface area contributed by atoms with Crippen LogP contribution in [0, 0.1) is 23.7 Å². The molecule has 8 nitrogen and oxygen atoms in total. The van der Waals surface area contributed by atoms with Crippen LogP contribution in [0.25, 0.3) is 0 Å². The Morgan fingerprint density at radius 3 is 2.66 bits per heavy atom. The van der Waals surface area contributed by atoms with Crippen LogP contribution in [-0.2, 0) is 14.3 Å². The van der Waals surface area contributed by atoms with Crippen LogP contribution in [0.4, 0.5) is 11.4 Å². The van der Waals surface area contributed by atoms with Gasteiger partial charge in [0, 0.05) is 23.2 Å². The lowest BCUT2D eigenvalue weighted by atomic mass is 9.79. The number of esters is 1. The summed E-state index contributed by atoms with van der Waals surface area (Å²) in [6.45, 7) is 0. The summed E-state index contributed by atoms with van der Waals surface area (Å²) in [4.78, 5) is 38.1. The average molecular weight is 436 g/mol. The molecule has 2 N–H and O–H groups in total. The van der Waals surface area contributed by atoms with Crippen molar-refractivity contribution in [1.82, 2.24) is 0 Å². The first-order chi connectivity index (χ1) is 15.5. The van der Waals surface area contributed by atoms with Gasteiger partial charge in [-0.2, -0.15) is 0 Å². The summed E-state index contributed by atoms with van der Waals surface area (Å²) >= 11 is 0. The summed E-state index contributed by atoms with van der Waals surface area (Å²) < 4.78 is 15.9. The largest absolute Gasteiger partial charge is 0.497 e. The Hall–Kier alpha value is -3.55. The van der Waals surface area contributed by atoms with Crippen LogP contribution >= 0.6 is 0 Å². The number of benzene rings is 2. The Balaban J connectivity index is 1.30. The molecule has 166 valence electrons. The predicted octanol–water partition coefficient (Wildman–Crippen LogP) is 3.09. The van der Waals surface area contributed by atoms with Gasteiger partial charge >= 0.3 is 5.97 Å². The molecule has 2 aliphatic carbocycles. The number of amides is 2. The van der Waals surface area contributed by atoms with Crippen LogP contribution in [-0.4, -0.2) is 38.1 Å². The first kappa shape index (κ1) is 20.4. The van der Waals surface area contributed by atoms with Gasteiger partial charge in [-0.15, -0.1) is 0 Å². The summed E-state index contributed by atoms with van der Waals surface area (Å²) in [5.74, 6) is -0.0772. The normalized spacial score (nSPS) is 27.1. The Morgan fingerprint density at radius 2 is 1.88 bits per heavy atom. The number of fused-ring (bicyclic) bond motifs is 1. The highest BCUT2D eigenvalue weighted by atomic mass is 16.6. The fraction of sp³-hybridized carbons (Fsp3) is 0.375. The van der Waals surface area contributed by atoms with Crippen LogP contribution in [0.3, 0.4) is 0 Å². The second-order valence-corrected chi connectivity index (χ2v) is 8.51. The standard InChI is InChI=1S/C24H24N2O6/c1-30-15-6-7-18(31-2)17(11-15)26-22(27)12-4-3-5-14(8-12)25-23(28)20-13-9-16-19(10-13)32-24(29)21(16)20/h3-8,11,13,16,19-21H,9-10H2,1-2H3,(H,25,28)(H,26,27)/t13-,16+,19-,20+,21+/m1/s1. The van der Waals surface area contributed by atoms with Gasteiger partial charge in [0.05, 0.1) is 31.7 Å². The summed E-state index contributed by atoms with van der Waals surface area (Å²) in [5, 5.41) is 5.72. The zero-order valence-electron chi connectivity index (χ0n) is 17.8. The third kappa shape index (κ3) is 3.36. The van der Waals surface area contributed by atoms with E-state index in [9.17, 15) is 14.4 Å². The van der Waals surface area contributed by atoms with E-state index in [2.05, 4.69) is 10.6 Å². The molecule has 32 heavy (non-hydrogen) atoms. The van der Waals surface area contributed by atoms with Gasteiger partial charge in [-0.1, -0.05) is 6.07 Å². The average Bonchev–Trinajstić information content (AvgIpc) is 3.42. The van der Waals surface area contributed by atoms with Gasteiger partial charge in [0.15, 0.2) is 0 Å². The Bertz CT molecular complexity index is 1100. The lowest BCUT2D eigenvalue weighted by molar-refractivity contribution is -0.145. The lowest BCUT2D eigenvalue weighted by Crippen LogP contribution is -2.35. The SMILES string of the molecule is COc1ccc(OC)c(NC(=O)c2cccc(NC(=O)[C@H]3[C@@H]4C[C@@H]5[C@@H]3C(=O)O[C@@H]5C4)c2)c1. The topological polar surface area (TPSA) is 103 Å². The number of anilines is 2. The molecule has 0 radical (unpaired) electrons. The lowest BCUT2D eigenvalue weighted by Gasteiger charge is -2.23. The maximum Gasteiger partial charge on any atom is 0.310 e. The van der Waals surface area contributed by atoms with Crippen molar-refractivity contribution in [1.29, 1.82) is 0 Å². The van der Waals surface area contributed by atoms with Crippen LogP contribution in [0.1, 0.15) is 23.2 Å². The second kappa shape index (κ2) is 7.85. The molecule has 1 aliphatic heterocycles. The van der Waals surface area contributed by atoms with E-state index >= 15 is 0 Å². The fourth-order valence-electron chi connectivity index (χ4n) is 5.43. The van der Waals surface area contributed by atoms with Crippen LogP contribution in [0.15, 0.2) is 42.5 Å². The van der Waals surface area contributed by atoms with Gasteiger partial charge in [-0.25, -0.2) is 0 Å². The van der Waals surface area contributed by atoms with E-state index in [0.29, 0.717) is 28.4 Å². The number of carbonyl (C=O) groups is 3. The molecule has 0 aromatic heterocycles. The maximum atomic E-state index is 13.0. The number of methoxy groups -OCH3 is 2. The molecule has 5 rings (SSSR count). The molecule has 1 saturated heterocycles. The van der Waals surface area contributed by atoms with Gasteiger partial charge in [0.1, 0.15) is 17.6 Å². The zero-order valence-corrected chi connectivity index (χ0v) is 17.8. The molecule has 2 saturated carbocycles. The number of hydrogen-bond acceptors (Lipinski definition) is 6. The first-order valence-electron chi connectivity index (χ1n) is 10.6. The van der Waals surface area contributed by atoms with E-state index in [1.165, 1.54) is 7.11 Å². The van der Waals surface area contributed by atoms with E-state index < -0.39 is 0 Å². The minimum Gasteiger partial charge on any atom is -0.497 e. The summed E-state index contributed by atoms with van der Waals surface area (Å²) in [6.07, 6.45) is 1.61. The van der Waals surface area contributed by atoms with Crippen molar-refractivity contribution >= 4 is 29.2 Å². The molecule has 3 aliphatic rings. The van der Waals surface area contributed by atoms with Crippen molar-refractivity contribution in [3.8, 4) is 11.5 Å². The molecule has 0 spiro atoms. The van der Waals surface area contributed by atoms with Gasteiger partial charge in [0.2, 0.25) is 5.91 Å². The van der Waals surface area contributed by atoms with E-state index in [1.54, 1.807) is 49.6 Å². The van der Waals surface area contributed by atoms with Gasteiger partial charge in [-0.3, -0.25) is 14.4 Å². The molecule has 2 aromatic rings. The summed E-state index contributed by atoms with van der Waals surface area (Å²) in [5.41, 5.74) is 1.36. The van der Waals surface area contributed by atoms with E-state index in [1.807, 2.05) is 0 Å². The van der Waals surface area contributed by atoms with Crippen molar-refractivity contribution in [3.63, 3.8) is 0 Å². The number of hydrogen-bond donors (Lipinski definition) is 2. The van der Waals surface area contributed by atoms with E-state index in [-0.39, 0.29) is 47.6 Å². The van der Waals surface area contributed by atoms with Crippen molar-refractivity contribution in [2.45, 2.75) is 18.9 Å². The van der Waals surface area contributed by atoms with Gasteiger partial charge < -0.3 is 24.8 Å². The van der Waals surface area contributed by atoms with Crippen LogP contribution in [0.5, 0.6) is 11.5 Å². The number of rotatable bonds is 6. The van der Waals surface area contributed by atoms with E-state index in [0.717, 1.165) is 12.8 Å². The molecule has 2 bridgehead atoms. The molecule has 5 atom stereocenters. The molecule has 2 aromatic carbocycles. The third-order valence-electron chi connectivity index (χ3n) is 6.83. The minimum atomic E-state index is -0.371. The Labute approximate surface area is 185 Å². The Kier molecular flexibility index (Phi) is 5.00. The highest BCUT2D eigenvalue weighted by Gasteiger charge is 2.63. The highest BCUT2D eigenvalue weighted by molar-refractivity contribution is 6.06. The van der Waals surface area contributed by atoms with Crippen molar-refractivity contribution in [3.05, 3.63) is 48.0 Å². The van der Waals surface area contributed by atoms with Crippen LogP contribution in [0.2, 0.25) is 0 Å². The van der Waals surface area contributed by atoms with E-state index in [4.69, 9.17) is 14.2 Å². The molecule has 8 heteroatoms. The predicted molar refractivity (Wildman–Crippen MR) is 116 cm³/mol. The van der Waals surface area contributed by atoms with Gasteiger partial charge in [-0.05, 0) is 49.1 Å². The van der Waals surface area contributed by atoms with Crippen molar-refractivity contribution < 1.29 is 28.6 Å². The third-order valence-corrected chi connectivity index (χ3v) is 6.83. The van der Waals surface area contributed by atoms with Gasteiger partial charge in [0.25, 0.3) is 5.91 Å². The number of carbonyl (C=O) groups excluding carboxylic acids is 3. The fourth-order valence-corrected chi connectivity index (χ4v) is 5.43. The number of ether oxygens (including phenoxy) is 3. The van der Waals surface area contributed by atoms with Crippen molar-refractivity contribution in [2.75, 3.05) is 24.9 Å². The second-order valence-electron chi connectivity index (χ2n) is 8.51. The monoisotopic (exact) mass is 436 g/mol. The summed E-state index contributed by atoms with van der Waals surface area (Å²) in [7, 11) is 3.06. The molecule has 2 amide bonds. The molecular weight excluding hydrogens is 412 g/mol. The van der Waals surface area contributed by atoms with Crippen molar-refractivity contribution in [2.24, 2.45) is 23.7 Å². The smallest absolute Gasteiger partial charge is 0.310 e. The zero-order chi connectivity index (χ0) is 22.4. The summed E-state index contributed by atoms with van der Waals surface area (Å²) in [6, 6.07) is 11.8. The molecular formula is C24H24N2O6. The molecule has 3 fully saturated rings. The first-order valence-corrected chi connectivity index (χ1v) is 10.6. The minimum absolute atomic E-state index is 0.0119.